The average Bonchev–Trinajstić information content (AvgIpc) is 2.99. The Labute approximate surface area is 259 Å². The second-order valence-electron chi connectivity index (χ2n) is 10.9. The number of aryl methyl sites for hydroxylation is 1. The first-order chi connectivity index (χ1) is 21.2. The molecule has 0 bridgehead atoms. The van der Waals surface area contributed by atoms with E-state index in [0.29, 0.717) is 36.3 Å². The van der Waals surface area contributed by atoms with Crippen molar-refractivity contribution in [1.29, 1.82) is 0 Å². The summed E-state index contributed by atoms with van der Waals surface area (Å²) in [6.45, 7) is 9.54. The standard InChI is InChI=1S/C36H43F2N3O3/c1-5-10-26-16-29(21-30(17-26)36(44)41(13-6-2)14-7-3)35(43)40-33(20-28-18-31(37)22-32(38)19-28)34(42)24-39-23-27-12-9-11-25(8-4)15-27/h9,11-12,15-19,21-22,33-34,39,42H,6-8,13-14,20,23-24H2,1-4H3,(H,40,43)/t33-,34+/m0/s1. The smallest absolute Gasteiger partial charge is 0.253 e. The number of carbonyl (C=O) groups is 2. The van der Waals surface area contributed by atoms with Gasteiger partial charge in [0.05, 0.1) is 12.1 Å². The van der Waals surface area contributed by atoms with Gasteiger partial charge in [0.1, 0.15) is 11.6 Å². The zero-order valence-electron chi connectivity index (χ0n) is 26.1. The fraction of sp³-hybridized carbons (Fsp3) is 0.389. The van der Waals surface area contributed by atoms with Crippen molar-refractivity contribution in [2.24, 2.45) is 0 Å². The van der Waals surface area contributed by atoms with E-state index in [1.807, 2.05) is 32.0 Å². The van der Waals surface area contributed by atoms with Gasteiger partial charge in [-0.1, -0.05) is 51.0 Å². The molecule has 3 aromatic rings. The summed E-state index contributed by atoms with van der Waals surface area (Å²) in [5.41, 5.74) is 3.60. The number of carbonyl (C=O) groups excluding carboxylic acids is 2. The van der Waals surface area contributed by atoms with Crippen LogP contribution in [0.25, 0.3) is 0 Å². The third-order valence-corrected chi connectivity index (χ3v) is 7.23. The Morgan fingerprint density at radius 2 is 1.55 bits per heavy atom. The first-order valence-electron chi connectivity index (χ1n) is 15.3. The maximum atomic E-state index is 14.0. The van der Waals surface area contributed by atoms with E-state index < -0.39 is 29.7 Å². The molecule has 6 nitrogen and oxygen atoms in total. The summed E-state index contributed by atoms with van der Waals surface area (Å²) in [5.74, 6) is 3.54. The number of benzene rings is 3. The molecule has 0 saturated carbocycles. The van der Waals surface area contributed by atoms with Gasteiger partial charge in [0.2, 0.25) is 0 Å². The molecule has 0 aliphatic rings. The summed E-state index contributed by atoms with van der Waals surface area (Å²) in [4.78, 5) is 28.8. The molecular weight excluding hydrogens is 560 g/mol. The van der Waals surface area contributed by atoms with Gasteiger partial charge < -0.3 is 20.6 Å². The summed E-state index contributed by atoms with van der Waals surface area (Å²) in [7, 11) is 0. The van der Waals surface area contributed by atoms with Gasteiger partial charge in [-0.15, -0.1) is 5.92 Å². The van der Waals surface area contributed by atoms with Gasteiger partial charge in [-0.3, -0.25) is 9.59 Å². The van der Waals surface area contributed by atoms with Crippen molar-refractivity contribution in [3.8, 4) is 11.8 Å². The second-order valence-corrected chi connectivity index (χ2v) is 10.9. The van der Waals surface area contributed by atoms with Crippen molar-refractivity contribution in [3.63, 3.8) is 0 Å². The molecule has 2 amide bonds. The highest BCUT2D eigenvalue weighted by Crippen LogP contribution is 2.16. The van der Waals surface area contributed by atoms with Crippen LogP contribution in [0.2, 0.25) is 0 Å². The quantitative estimate of drug-likeness (QED) is 0.196. The molecule has 0 aliphatic carbocycles. The number of hydrogen-bond donors (Lipinski definition) is 3. The fourth-order valence-corrected chi connectivity index (χ4v) is 5.12. The summed E-state index contributed by atoms with van der Waals surface area (Å²) in [6, 6.07) is 15.1. The van der Waals surface area contributed by atoms with Crippen LogP contribution in [-0.2, 0) is 19.4 Å². The van der Waals surface area contributed by atoms with Crippen LogP contribution in [0.3, 0.4) is 0 Å². The Bertz CT molecular complexity index is 1450. The van der Waals surface area contributed by atoms with Gasteiger partial charge in [0.25, 0.3) is 11.8 Å². The molecule has 3 N–H and O–H groups in total. The highest BCUT2D eigenvalue weighted by Gasteiger charge is 2.24. The lowest BCUT2D eigenvalue weighted by atomic mass is 9.99. The Balaban J connectivity index is 1.87. The molecule has 44 heavy (non-hydrogen) atoms. The van der Waals surface area contributed by atoms with E-state index in [2.05, 4.69) is 35.5 Å². The monoisotopic (exact) mass is 603 g/mol. The molecule has 0 saturated heterocycles. The molecule has 234 valence electrons. The summed E-state index contributed by atoms with van der Waals surface area (Å²) >= 11 is 0. The number of rotatable bonds is 15. The summed E-state index contributed by atoms with van der Waals surface area (Å²) < 4.78 is 28.0. The minimum absolute atomic E-state index is 0.0182. The van der Waals surface area contributed by atoms with E-state index in [-0.39, 0.29) is 24.4 Å². The van der Waals surface area contributed by atoms with Gasteiger partial charge in [0.15, 0.2) is 0 Å². The first-order valence-corrected chi connectivity index (χ1v) is 15.3. The van der Waals surface area contributed by atoms with Crippen molar-refractivity contribution in [1.82, 2.24) is 15.5 Å². The minimum atomic E-state index is -1.09. The van der Waals surface area contributed by atoms with E-state index in [1.54, 1.807) is 24.0 Å². The van der Waals surface area contributed by atoms with Gasteiger partial charge in [-0.25, -0.2) is 8.78 Å². The Morgan fingerprint density at radius 1 is 0.886 bits per heavy atom. The topological polar surface area (TPSA) is 81.7 Å². The van der Waals surface area contributed by atoms with Crippen molar-refractivity contribution in [2.45, 2.75) is 72.1 Å². The molecule has 0 unspecified atom stereocenters. The lowest BCUT2D eigenvalue weighted by Gasteiger charge is -2.25. The Hall–Kier alpha value is -4.06. The van der Waals surface area contributed by atoms with Gasteiger partial charge in [-0.05, 0) is 79.6 Å². The summed E-state index contributed by atoms with van der Waals surface area (Å²) in [6.07, 6.45) is 1.39. The average molecular weight is 604 g/mol. The number of aliphatic hydroxyl groups is 1. The largest absolute Gasteiger partial charge is 0.390 e. The van der Waals surface area contributed by atoms with Crippen LogP contribution in [0.4, 0.5) is 8.78 Å². The predicted octanol–water partition coefficient (Wildman–Crippen LogP) is 5.65. The number of amides is 2. The van der Waals surface area contributed by atoms with E-state index in [4.69, 9.17) is 0 Å². The van der Waals surface area contributed by atoms with Crippen molar-refractivity contribution in [3.05, 3.63) is 106 Å². The molecule has 0 radical (unpaired) electrons. The predicted molar refractivity (Wildman–Crippen MR) is 170 cm³/mol. The molecule has 0 aromatic heterocycles. The van der Waals surface area contributed by atoms with E-state index in [1.165, 1.54) is 23.8 Å². The SMILES string of the molecule is CC#Cc1cc(C(=O)N[C@@H](Cc2cc(F)cc(F)c2)[C@H](O)CNCc2cccc(CC)c2)cc(C(=O)N(CCC)CCC)c1. The van der Waals surface area contributed by atoms with Gasteiger partial charge >= 0.3 is 0 Å². The summed E-state index contributed by atoms with van der Waals surface area (Å²) in [5, 5.41) is 17.3. The Morgan fingerprint density at radius 3 is 2.18 bits per heavy atom. The van der Waals surface area contributed by atoms with Crippen molar-refractivity contribution in [2.75, 3.05) is 19.6 Å². The molecule has 0 aliphatic heterocycles. The Kier molecular flexibility index (Phi) is 13.5. The van der Waals surface area contributed by atoms with Crippen LogP contribution in [0, 0.1) is 23.5 Å². The number of aliphatic hydroxyl groups excluding tert-OH is 1. The van der Waals surface area contributed by atoms with Crippen LogP contribution in [0.5, 0.6) is 0 Å². The van der Waals surface area contributed by atoms with Crippen LogP contribution in [-0.4, -0.2) is 53.6 Å². The molecule has 2 atom stereocenters. The fourth-order valence-electron chi connectivity index (χ4n) is 5.12. The van der Waals surface area contributed by atoms with E-state index >= 15 is 0 Å². The zero-order valence-corrected chi connectivity index (χ0v) is 26.1. The lowest BCUT2D eigenvalue weighted by molar-refractivity contribution is 0.0755. The van der Waals surface area contributed by atoms with E-state index in [0.717, 1.165) is 30.9 Å². The number of hydrogen-bond acceptors (Lipinski definition) is 4. The number of halogens is 2. The normalized spacial score (nSPS) is 12.2. The molecular formula is C36H43F2N3O3. The third kappa shape index (κ3) is 10.3. The van der Waals surface area contributed by atoms with E-state index in [9.17, 15) is 23.5 Å². The molecule has 8 heteroatoms. The highest BCUT2D eigenvalue weighted by molar-refractivity contribution is 6.00. The van der Waals surface area contributed by atoms with Crippen molar-refractivity contribution < 1.29 is 23.5 Å². The van der Waals surface area contributed by atoms with Crippen molar-refractivity contribution >= 4 is 11.8 Å². The van der Waals surface area contributed by atoms with Gasteiger partial charge in [0, 0.05) is 48.9 Å². The van der Waals surface area contributed by atoms with Crippen LogP contribution in [0.15, 0.2) is 60.7 Å². The van der Waals surface area contributed by atoms with Crippen LogP contribution in [0.1, 0.15) is 83.5 Å². The molecule has 3 rings (SSSR count). The van der Waals surface area contributed by atoms with Gasteiger partial charge in [-0.2, -0.15) is 0 Å². The highest BCUT2D eigenvalue weighted by atomic mass is 19.1. The first kappa shape index (κ1) is 34.4. The lowest BCUT2D eigenvalue weighted by Crippen LogP contribution is -2.48. The zero-order chi connectivity index (χ0) is 32.1. The van der Waals surface area contributed by atoms with Crippen LogP contribution >= 0.6 is 0 Å². The third-order valence-electron chi connectivity index (χ3n) is 7.23. The molecule has 0 heterocycles. The number of nitrogens with zero attached hydrogens (tertiary/aromatic N) is 1. The maximum Gasteiger partial charge on any atom is 0.253 e. The molecule has 0 fully saturated rings. The number of nitrogens with one attached hydrogen (secondary N) is 2. The maximum absolute atomic E-state index is 14.0. The second kappa shape index (κ2) is 17.3. The molecule has 3 aromatic carbocycles. The molecule has 0 spiro atoms. The van der Waals surface area contributed by atoms with Crippen LogP contribution < -0.4 is 10.6 Å². The minimum Gasteiger partial charge on any atom is -0.390 e.